The molecule has 18 heavy (non-hydrogen) atoms. The highest BCUT2D eigenvalue weighted by Crippen LogP contribution is 2.14. The molecule has 1 amide bonds. The summed E-state index contributed by atoms with van der Waals surface area (Å²) in [7, 11) is 0. The summed E-state index contributed by atoms with van der Waals surface area (Å²) in [6.45, 7) is 7.17. The maximum atomic E-state index is 11.5. The third kappa shape index (κ3) is 7.89. The van der Waals surface area contributed by atoms with E-state index >= 15 is 0 Å². The lowest BCUT2D eigenvalue weighted by molar-refractivity contribution is -0.142. The van der Waals surface area contributed by atoms with Gasteiger partial charge >= 0.3 is 5.97 Å². The molecule has 102 valence electrons. The first kappa shape index (κ1) is 16.7. The summed E-state index contributed by atoms with van der Waals surface area (Å²) >= 11 is 1.08. The molecule has 0 unspecified atom stereocenters. The maximum Gasteiger partial charge on any atom is 0.326 e. The van der Waals surface area contributed by atoms with E-state index in [0.717, 1.165) is 11.8 Å². The van der Waals surface area contributed by atoms with Gasteiger partial charge in [0, 0.05) is 18.1 Å². The second-order valence-electron chi connectivity index (χ2n) is 4.03. The van der Waals surface area contributed by atoms with Gasteiger partial charge in [0.05, 0.1) is 0 Å². The summed E-state index contributed by atoms with van der Waals surface area (Å²) in [4.78, 5) is 33.8. The summed E-state index contributed by atoms with van der Waals surface area (Å²) in [6.07, 6.45) is 2.04. The zero-order chi connectivity index (χ0) is 14.1. The van der Waals surface area contributed by atoms with Gasteiger partial charge in [0.25, 0.3) is 0 Å². The zero-order valence-electron chi connectivity index (χ0n) is 10.6. The second kappa shape index (κ2) is 8.74. The standard InChI is InChI=1S/C12H19NO4S/c1-4-5-6-10(14)13-9(12(16)17)7-11(15)18-8(2)3/h4,8-9H,1,5-7H2,2-3H3,(H,13,14)(H,16,17)/t9-/m0/s1. The molecule has 0 aromatic heterocycles. The minimum Gasteiger partial charge on any atom is -0.480 e. The van der Waals surface area contributed by atoms with Crippen molar-refractivity contribution in [1.29, 1.82) is 0 Å². The Balaban J connectivity index is 4.31. The number of amides is 1. The maximum absolute atomic E-state index is 11.5. The van der Waals surface area contributed by atoms with Crippen molar-refractivity contribution in [2.75, 3.05) is 0 Å². The van der Waals surface area contributed by atoms with Crippen LogP contribution in [0.4, 0.5) is 0 Å². The van der Waals surface area contributed by atoms with Crippen molar-refractivity contribution in [2.45, 2.75) is 44.4 Å². The highest BCUT2D eigenvalue weighted by atomic mass is 32.2. The van der Waals surface area contributed by atoms with Gasteiger partial charge in [-0.05, 0) is 6.42 Å². The monoisotopic (exact) mass is 273 g/mol. The van der Waals surface area contributed by atoms with Crippen LogP contribution < -0.4 is 5.32 Å². The van der Waals surface area contributed by atoms with Crippen LogP contribution in [0.25, 0.3) is 0 Å². The molecule has 0 aromatic rings. The van der Waals surface area contributed by atoms with Crippen molar-refractivity contribution in [1.82, 2.24) is 5.32 Å². The summed E-state index contributed by atoms with van der Waals surface area (Å²) in [6, 6.07) is -1.15. The van der Waals surface area contributed by atoms with Crippen molar-refractivity contribution in [3.05, 3.63) is 12.7 Å². The van der Waals surface area contributed by atoms with Crippen LogP contribution in [0.1, 0.15) is 33.1 Å². The van der Waals surface area contributed by atoms with Crippen LogP contribution in [-0.2, 0) is 14.4 Å². The molecule has 0 heterocycles. The van der Waals surface area contributed by atoms with Gasteiger partial charge in [0.15, 0.2) is 5.12 Å². The van der Waals surface area contributed by atoms with Gasteiger partial charge in [-0.3, -0.25) is 9.59 Å². The fourth-order valence-electron chi connectivity index (χ4n) is 1.18. The molecular formula is C12H19NO4S. The van der Waals surface area contributed by atoms with Crippen LogP contribution in [0.15, 0.2) is 12.7 Å². The Morgan fingerprint density at radius 2 is 2.00 bits per heavy atom. The van der Waals surface area contributed by atoms with Gasteiger partial charge < -0.3 is 10.4 Å². The lowest BCUT2D eigenvalue weighted by Gasteiger charge is -2.13. The predicted octanol–water partition coefficient (Wildman–Crippen LogP) is 1.58. The van der Waals surface area contributed by atoms with Gasteiger partial charge in [0.1, 0.15) is 6.04 Å². The number of carbonyl (C=O) groups excluding carboxylic acids is 2. The molecular weight excluding hydrogens is 254 g/mol. The quantitative estimate of drug-likeness (QED) is 0.656. The second-order valence-corrected chi connectivity index (χ2v) is 5.66. The highest BCUT2D eigenvalue weighted by molar-refractivity contribution is 8.14. The van der Waals surface area contributed by atoms with E-state index in [2.05, 4.69) is 11.9 Å². The van der Waals surface area contributed by atoms with Crippen LogP contribution in [0, 0.1) is 0 Å². The minimum atomic E-state index is -1.19. The van der Waals surface area contributed by atoms with Crippen molar-refractivity contribution >= 4 is 28.8 Å². The van der Waals surface area contributed by atoms with E-state index in [1.165, 1.54) is 0 Å². The fraction of sp³-hybridized carbons (Fsp3) is 0.583. The van der Waals surface area contributed by atoms with Gasteiger partial charge in [-0.15, -0.1) is 6.58 Å². The molecule has 0 aliphatic rings. The Morgan fingerprint density at radius 1 is 1.39 bits per heavy atom. The molecule has 0 aliphatic carbocycles. The molecule has 6 heteroatoms. The molecule has 0 saturated heterocycles. The Morgan fingerprint density at radius 3 is 2.44 bits per heavy atom. The topological polar surface area (TPSA) is 83.5 Å². The van der Waals surface area contributed by atoms with Gasteiger partial charge in [-0.1, -0.05) is 31.7 Å². The third-order valence-corrected chi connectivity index (χ3v) is 2.85. The number of allylic oxidation sites excluding steroid dienone is 1. The Hall–Kier alpha value is -1.30. The van der Waals surface area contributed by atoms with Gasteiger partial charge in [-0.2, -0.15) is 0 Å². The number of carboxylic acid groups (broad SMARTS) is 1. The minimum absolute atomic E-state index is 0.100. The van der Waals surface area contributed by atoms with Crippen molar-refractivity contribution in [3.8, 4) is 0 Å². The number of rotatable bonds is 8. The molecule has 0 fully saturated rings. The number of hydrogen-bond acceptors (Lipinski definition) is 4. The van der Waals surface area contributed by atoms with E-state index < -0.39 is 12.0 Å². The highest BCUT2D eigenvalue weighted by Gasteiger charge is 2.23. The number of thioether (sulfide) groups is 1. The molecule has 0 radical (unpaired) electrons. The molecule has 0 aliphatic heterocycles. The smallest absolute Gasteiger partial charge is 0.326 e. The first-order valence-corrected chi connectivity index (χ1v) is 6.57. The summed E-state index contributed by atoms with van der Waals surface area (Å²) in [5, 5.41) is 11.1. The molecule has 5 nitrogen and oxygen atoms in total. The van der Waals surface area contributed by atoms with E-state index in [9.17, 15) is 14.4 Å². The number of carboxylic acids is 1. The number of nitrogens with one attached hydrogen (secondary N) is 1. The summed E-state index contributed by atoms with van der Waals surface area (Å²) in [5.74, 6) is -1.58. The van der Waals surface area contributed by atoms with Crippen LogP contribution in [-0.4, -0.2) is 33.4 Å². The van der Waals surface area contributed by atoms with Crippen molar-refractivity contribution < 1.29 is 19.5 Å². The number of hydrogen-bond donors (Lipinski definition) is 2. The Kier molecular flexibility index (Phi) is 8.11. The fourth-order valence-corrected chi connectivity index (χ4v) is 1.97. The predicted molar refractivity (Wildman–Crippen MR) is 71.3 cm³/mol. The van der Waals surface area contributed by atoms with Crippen molar-refractivity contribution in [2.24, 2.45) is 0 Å². The normalized spacial score (nSPS) is 11.9. The lowest BCUT2D eigenvalue weighted by atomic mass is 10.2. The number of aliphatic carboxylic acids is 1. The van der Waals surface area contributed by atoms with Crippen LogP contribution >= 0.6 is 11.8 Å². The largest absolute Gasteiger partial charge is 0.480 e. The average molecular weight is 273 g/mol. The Bertz CT molecular complexity index is 328. The van der Waals surface area contributed by atoms with E-state index in [-0.39, 0.29) is 29.1 Å². The van der Waals surface area contributed by atoms with Gasteiger partial charge in [-0.25, -0.2) is 4.79 Å². The molecule has 1 atom stereocenters. The molecule has 0 aromatic carbocycles. The van der Waals surface area contributed by atoms with E-state index in [0.29, 0.717) is 6.42 Å². The average Bonchev–Trinajstić information content (AvgIpc) is 2.24. The van der Waals surface area contributed by atoms with E-state index in [1.54, 1.807) is 6.08 Å². The first-order valence-electron chi connectivity index (χ1n) is 5.69. The molecule has 0 saturated carbocycles. The third-order valence-electron chi connectivity index (χ3n) is 1.95. The van der Waals surface area contributed by atoms with E-state index in [4.69, 9.17) is 5.11 Å². The van der Waals surface area contributed by atoms with E-state index in [1.807, 2.05) is 13.8 Å². The van der Waals surface area contributed by atoms with Crippen LogP contribution in [0.2, 0.25) is 0 Å². The SMILES string of the molecule is C=CCCC(=O)N[C@@H](CC(=O)SC(C)C)C(=O)O. The van der Waals surface area contributed by atoms with Gasteiger partial charge in [0.2, 0.25) is 5.91 Å². The van der Waals surface area contributed by atoms with Crippen molar-refractivity contribution in [3.63, 3.8) is 0 Å². The van der Waals surface area contributed by atoms with Crippen LogP contribution in [0.5, 0.6) is 0 Å². The lowest BCUT2D eigenvalue weighted by Crippen LogP contribution is -2.41. The molecule has 2 N–H and O–H groups in total. The summed E-state index contributed by atoms with van der Waals surface area (Å²) < 4.78 is 0. The first-order chi connectivity index (χ1) is 8.36. The number of carbonyl (C=O) groups is 3. The summed E-state index contributed by atoms with van der Waals surface area (Å²) in [5.41, 5.74) is 0. The molecule has 0 rings (SSSR count). The zero-order valence-corrected chi connectivity index (χ0v) is 11.5. The Labute approximate surface area is 111 Å². The molecule has 0 spiro atoms. The molecule has 0 bridgehead atoms. The van der Waals surface area contributed by atoms with Crippen LogP contribution in [0.3, 0.4) is 0 Å².